The van der Waals surface area contributed by atoms with Crippen molar-refractivity contribution in [3.8, 4) is 0 Å². The lowest BCUT2D eigenvalue weighted by atomic mass is 10.1. The third-order valence-corrected chi connectivity index (χ3v) is 2.75. The topological polar surface area (TPSA) is 56.7 Å². The molecule has 0 aliphatic carbocycles. The molecule has 0 atom stereocenters. The van der Waals surface area contributed by atoms with Crippen molar-refractivity contribution in [2.75, 3.05) is 6.54 Å². The first-order chi connectivity index (χ1) is 8.19. The van der Waals surface area contributed by atoms with Crippen LogP contribution in [-0.4, -0.2) is 21.3 Å². The van der Waals surface area contributed by atoms with Crippen molar-refractivity contribution >= 4 is 0 Å². The van der Waals surface area contributed by atoms with Crippen LogP contribution < -0.4 is 5.73 Å². The lowest BCUT2D eigenvalue weighted by molar-refractivity contribution is 0.691. The second kappa shape index (κ2) is 5.10. The zero-order valence-corrected chi connectivity index (χ0v) is 10.3. The van der Waals surface area contributed by atoms with Crippen molar-refractivity contribution < 1.29 is 0 Å². The highest BCUT2D eigenvalue weighted by Crippen LogP contribution is 2.08. The predicted octanol–water partition coefficient (Wildman–Crippen LogP) is 1.22. The Hall–Kier alpha value is -1.68. The van der Waals surface area contributed by atoms with Crippen LogP contribution in [0.2, 0.25) is 0 Å². The van der Waals surface area contributed by atoms with E-state index >= 15 is 0 Å². The Morgan fingerprint density at radius 1 is 1.24 bits per heavy atom. The van der Waals surface area contributed by atoms with Gasteiger partial charge in [0.15, 0.2) is 5.82 Å². The standard InChI is InChI=1S/C13H18N4/c1-10-3-5-11(6-4-10)9-12-15-13(7-8-14)17(2)16-12/h3-6H,7-9,14H2,1-2H3. The number of aryl methyl sites for hydroxylation is 2. The normalized spacial score (nSPS) is 10.8. The molecule has 0 aliphatic rings. The minimum absolute atomic E-state index is 0.608. The Morgan fingerprint density at radius 3 is 2.59 bits per heavy atom. The second-order valence-electron chi connectivity index (χ2n) is 4.27. The molecule has 0 bridgehead atoms. The zero-order valence-electron chi connectivity index (χ0n) is 10.3. The average Bonchev–Trinajstić information content (AvgIpc) is 2.63. The summed E-state index contributed by atoms with van der Waals surface area (Å²) in [6, 6.07) is 8.46. The first kappa shape index (κ1) is 11.8. The lowest BCUT2D eigenvalue weighted by Crippen LogP contribution is -2.08. The Bertz CT molecular complexity index is 485. The van der Waals surface area contributed by atoms with E-state index in [-0.39, 0.29) is 0 Å². The number of nitrogens with two attached hydrogens (primary N) is 1. The van der Waals surface area contributed by atoms with Crippen LogP contribution in [0.3, 0.4) is 0 Å². The molecule has 0 saturated heterocycles. The summed E-state index contributed by atoms with van der Waals surface area (Å²) >= 11 is 0. The van der Waals surface area contributed by atoms with E-state index in [1.807, 2.05) is 11.7 Å². The molecule has 17 heavy (non-hydrogen) atoms. The maximum absolute atomic E-state index is 5.53. The summed E-state index contributed by atoms with van der Waals surface area (Å²) in [6.07, 6.45) is 1.55. The summed E-state index contributed by atoms with van der Waals surface area (Å²) in [6.45, 7) is 2.69. The third kappa shape index (κ3) is 2.91. The van der Waals surface area contributed by atoms with E-state index in [0.29, 0.717) is 6.54 Å². The van der Waals surface area contributed by atoms with Crippen molar-refractivity contribution in [2.45, 2.75) is 19.8 Å². The first-order valence-corrected chi connectivity index (χ1v) is 5.83. The predicted molar refractivity (Wildman–Crippen MR) is 67.7 cm³/mol. The van der Waals surface area contributed by atoms with Gasteiger partial charge >= 0.3 is 0 Å². The highest BCUT2D eigenvalue weighted by molar-refractivity contribution is 5.23. The van der Waals surface area contributed by atoms with Crippen molar-refractivity contribution in [1.82, 2.24) is 14.8 Å². The van der Waals surface area contributed by atoms with Crippen LogP contribution in [0.1, 0.15) is 22.8 Å². The monoisotopic (exact) mass is 230 g/mol. The number of hydrogen-bond acceptors (Lipinski definition) is 3. The second-order valence-corrected chi connectivity index (χ2v) is 4.27. The summed E-state index contributed by atoms with van der Waals surface area (Å²) in [5.74, 6) is 1.81. The van der Waals surface area contributed by atoms with Gasteiger partial charge in [-0.25, -0.2) is 4.98 Å². The Labute approximate surface area is 101 Å². The van der Waals surface area contributed by atoms with E-state index in [4.69, 9.17) is 5.73 Å². The largest absolute Gasteiger partial charge is 0.330 e. The highest BCUT2D eigenvalue weighted by atomic mass is 15.3. The van der Waals surface area contributed by atoms with Gasteiger partial charge in [-0.3, -0.25) is 4.68 Å². The molecule has 0 amide bonds. The van der Waals surface area contributed by atoms with Gasteiger partial charge in [0.2, 0.25) is 0 Å². The van der Waals surface area contributed by atoms with Crippen LogP contribution in [-0.2, 0) is 19.9 Å². The molecular weight excluding hydrogens is 212 g/mol. The Morgan fingerprint density at radius 2 is 1.94 bits per heavy atom. The SMILES string of the molecule is Cc1ccc(Cc2nc(CCN)n(C)n2)cc1. The van der Waals surface area contributed by atoms with E-state index in [1.54, 1.807) is 0 Å². The molecule has 2 N–H and O–H groups in total. The number of benzene rings is 1. The molecule has 90 valence electrons. The average molecular weight is 230 g/mol. The van der Waals surface area contributed by atoms with Gasteiger partial charge in [-0.1, -0.05) is 29.8 Å². The number of nitrogens with zero attached hydrogens (tertiary/aromatic N) is 3. The summed E-state index contributed by atoms with van der Waals surface area (Å²) in [5.41, 5.74) is 8.03. The van der Waals surface area contributed by atoms with Crippen LogP contribution in [0, 0.1) is 6.92 Å². The first-order valence-electron chi connectivity index (χ1n) is 5.83. The minimum atomic E-state index is 0.608. The van der Waals surface area contributed by atoms with E-state index in [9.17, 15) is 0 Å². The Kier molecular flexibility index (Phi) is 3.54. The van der Waals surface area contributed by atoms with Crippen LogP contribution in [0.25, 0.3) is 0 Å². The molecule has 0 aliphatic heterocycles. The van der Waals surface area contributed by atoms with Gasteiger partial charge in [0.05, 0.1) is 0 Å². The van der Waals surface area contributed by atoms with Gasteiger partial charge in [0, 0.05) is 19.9 Å². The summed E-state index contributed by atoms with van der Waals surface area (Å²) in [4.78, 5) is 4.49. The summed E-state index contributed by atoms with van der Waals surface area (Å²) in [7, 11) is 1.91. The number of rotatable bonds is 4. The molecule has 4 heteroatoms. The minimum Gasteiger partial charge on any atom is -0.330 e. The number of aromatic nitrogens is 3. The van der Waals surface area contributed by atoms with Gasteiger partial charge in [-0.2, -0.15) is 5.10 Å². The number of hydrogen-bond donors (Lipinski definition) is 1. The van der Waals surface area contributed by atoms with Crippen LogP contribution in [0.5, 0.6) is 0 Å². The van der Waals surface area contributed by atoms with Crippen LogP contribution >= 0.6 is 0 Å². The molecular formula is C13H18N4. The maximum Gasteiger partial charge on any atom is 0.155 e. The lowest BCUT2D eigenvalue weighted by Gasteiger charge is -1.97. The van der Waals surface area contributed by atoms with E-state index in [0.717, 1.165) is 24.5 Å². The van der Waals surface area contributed by atoms with E-state index in [1.165, 1.54) is 11.1 Å². The zero-order chi connectivity index (χ0) is 12.3. The highest BCUT2D eigenvalue weighted by Gasteiger charge is 2.06. The molecule has 0 spiro atoms. The van der Waals surface area contributed by atoms with E-state index in [2.05, 4.69) is 41.3 Å². The van der Waals surface area contributed by atoms with Crippen molar-refractivity contribution in [2.24, 2.45) is 12.8 Å². The van der Waals surface area contributed by atoms with Crippen LogP contribution in [0.15, 0.2) is 24.3 Å². The molecule has 2 rings (SSSR count). The molecule has 0 saturated carbocycles. The molecule has 1 heterocycles. The van der Waals surface area contributed by atoms with E-state index < -0.39 is 0 Å². The van der Waals surface area contributed by atoms with Gasteiger partial charge in [0.25, 0.3) is 0 Å². The molecule has 1 aromatic carbocycles. The molecule has 0 radical (unpaired) electrons. The summed E-state index contributed by atoms with van der Waals surface area (Å²) < 4.78 is 1.82. The van der Waals surface area contributed by atoms with Gasteiger partial charge in [-0.15, -0.1) is 0 Å². The van der Waals surface area contributed by atoms with Gasteiger partial charge < -0.3 is 5.73 Å². The fourth-order valence-corrected chi connectivity index (χ4v) is 1.78. The Balaban J connectivity index is 2.13. The molecule has 0 fully saturated rings. The molecule has 0 unspecified atom stereocenters. The van der Waals surface area contributed by atoms with Crippen molar-refractivity contribution in [1.29, 1.82) is 0 Å². The van der Waals surface area contributed by atoms with Crippen molar-refractivity contribution in [3.63, 3.8) is 0 Å². The third-order valence-electron chi connectivity index (χ3n) is 2.75. The smallest absolute Gasteiger partial charge is 0.155 e. The molecule has 4 nitrogen and oxygen atoms in total. The quantitative estimate of drug-likeness (QED) is 0.859. The van der Waals surface area contributed by atoms with Gasteiger partial charge in [0.1, 0.15) is 5.82 Å². The molecule has 2 aromatic rings. The fourth-order valence-electron chi connectivity index (χ4n) is 1.78. The van der Waals surface area contributed by atoms with Crippen molar-refractivity contribution in [3.05, 3.63) is 47.0 Å². The fraction of sp³-hybridized carbons (Fsp3) is 0.385. The summed E-state index contributed by atoms with van der Waals surface area (Å²) in [5, 5.41) is 4.40. The maximum atomic E-state index is 5.53. The van der Waals surface area contributed by atoms with Crippen LogP contribution in [0.4, 0.5) is 0 Å². The molecule has 1 aromatic heterocycles. The van der Waals surface area contributed by atoms with Gasteiger partial charge in [-0.05, 0) is 19.0 Å².